The molecule has 3 nitrogen and oxygen atoms in total. The molecule has 0 aliphatic heterocycles. The van der Waals surface area contributed by atoms with Crippen LogP contribution in [0.5, 0.6) is 0 Å². The summed E-state index contributed by atoms with van der Waals surface area (Å²) in [5.74, 6) is 0. The molecule has 0 heterocycles. The molecule has 1 aliphatic rings. The molecule has 0 aromatic heterocycles. The van der Waals surface area contributed by atoms with Crippen LogP contribution in [0.3, 0.4) is 0 Å². The Bertz CT molecular complexity index is 141. The van der Waals surface area contributed by atoms with Crippen LogP contribution in [-0.4, -0.2) is 31.3 Å². The van der Waals surface area contributed by atoms with E-state index in [1.807, 2.05) is 7.05 Å². The highest BCUT2D eigenvalue weighted by Crippen LogP contribution is 2.20. The second kappa shape index (κ2) is 4.94. The first-order valence-electron chi connectivity index (χ1n) is 5.31. The SMILES string of the molecule is CNC(C)N[C@H]1C[C@@H](NC(C)C)C1. The minimum Gasteiger partial charge on any atom is -0.312 e. The van der Waals surface area contributed by atoms with Gasteiger partial charge in [0.25, 0.3) is 0 Å². The molecule has 1 fully saturated rings. The van der Waals surface area contributed by atoms with Crippen molar-refractivity contribution >= 4 is 0 Å². The lowest BCUT2D eigenvalue weighted by Gasteiger charge is -2.39. The highest BCUT2D eigenvalue weighted by atomic mass is 15.1. The summed E-state index contributed by atoms with van der Waals surface area (Å²) in [5.41, 5.74) is 0. The molecule has 0 bridgehead atoms. The Balaban J connectivity index is 2.05. The maximum Gasteiger partial charge on any atom is 0.0542 e. The van der Waals surface area contributed by atoms with Crippen LogP contribution in [0.2, 0.25) is 0 Å². The predicted octanol–water partition coefficient (Wildman–Crippen LogP) is 0.670. The molecule has 0 saturated heterocycles. The Hall–Kier alpha value is -0.120. The molecule has 78 valence electrons. The summed E-state index contributed by atoms with van der Waals surface area (Å²) in [5, 5.41) is 10.2. The minimum absolute atomic E-state index is 0.435. The third-order valence-corrected chi connectivity index (χ3v) is 2.63. The maximum atomic E-state index is 3.54. The average molecular weight is 185 g/mol. The molecule has 1 saturated carbocycles. The van der Waals surface area contributed by atoms with Crippen molar-refractivity contribution in [2.45, 2.75) is 57.9 Å². The molecule has 1 atom stereocenters. The van der Waals surface area contributed by atoms with E-state index in [4.69, 9.17) is 0 Å². The molecule has 0 radical (unpaired) electrons. The van der Waals surface area contributed by atoms with Gasteiger partial charge in [0.1, 0.15) is 0 Å². The standard InChI is InChI=1S/C10H23N3/c1-7(2)12-9-5-10(6-9)13-8(3)11-4/h7-13H,5-6H2,1-4H3/t8?,9-,10+. The van der Waals surface area contributed by atoms with Crippen molar-refractivity contribution in [1.82, 2.24) is 16.0 Å². The summed E-state index contributed by atoms with van der Waals surface area (Å²) < 4.78 is 0. The summed E-state index contributed by atoms with van der Waals surface area (Å²) in [6, 6.07) is 2.06. The van der Waals surface area contributed by atoms with Gasteiger partial charge in [0.2, 0.25) is 0 Å². The van der Waals surface area contributed by atoms with Gasteiger partial charge in [-0.05, 0) is 26.8 Å². The van der Waals surface area contributed by atoms with Gasteiger partial charge in [-0.25, -0.2) is 0 Å². The van der Waals surface area contributed by atoms with Gasteiger partial charge in [-0.1, -0.05) is 13.8 Å². The van der Waals surface area contributed by atoms with Gasteiger partial charge in [-0.3, -0.25) is 5.32 Å². The van der Waals surface area contributed by atoms with E-state index in [0.29, 0.717) is 18.2 Å². The Morgan fingerprint density at radius 3 is 2.00 bits per heavy atom. The second-order valence-electron chi connectivity index (χ2n) is 4.36. The summed E-state index contributed by atoms with van der Waals surface area (Å²) in [4.78, 5) is 0. The van der Waals surface area contributed by atoms with Crippen molar-refractivity contribution in [3.63, 3.8) is 0 Å². The molecule has 0 aromatic rings. The van der Waals surface area contributed by atoms with Gasteiger partial charge < -0.3 is 10.6 Å². The first-order chi connectivity index (χ1) is 6.11. The molecular weight excluding hydrogens is 162 g/mol. The Labute approximate surface area is 81.7 Å². The summed E-state index contributed by atoms with van der Waals surface area (Å²) in [7, 11) is 1.99. The monoisotopic (exact) mass is 185 g/mol. The molecule has 0 aromatic carbocycles. The van der Waals surface area contributed by atoms with E-state index in [-0.39, 0.29) is 0 Å². The zero-order chi connectivity index (χ0) is 9.84. The largest absolute Gasteiger partial charge is 0.312 e. The van der Waals surface area contributed by atoms with Crippen LogP contribution in [0.1, 0.15) is 33.6 Å². The fourth-order valence-corrected chi connectivity index (χ4v) is 1.80. The van der Waals surface area contributed by atoms with Gasteiger partial charge in [-0.15, -0.1) is 0 Å². The molecular formula is C10H23N3. The highest BCUT2D eigenvalue weighted by molar-refractivity contribution is 4.91. The average Bonchev–Trinajstić information content (AvgIpc) is 1.99. The normalized spacial score (nSPS) is 30.2. The van der Waals surface area contributed by atoms with Crippen molar-refractivity contribution in [2.24, 2.45) is 0 Å². The Morgan fingerprint density at radius 2 is 1.54 bits per heavy atom. The van der Waals surface area contributed by atoms with Crippen molar-refractivity contribution in [1.29, 1.82) is 0 Å². The molecule has 13 heavy (non-hydrogen) atoms. The van der Waals surface area contributed by atoms with E-state index < -0.39 is 0 Å². The van der Waals surface area contributed by atoms with Crippen LogP contribution in [0.15, 0.2) is 0 Å². The van der Waals surface area contributed by atoms with Crippen molar-refractivity contribution in [3.8, 4) is 0 Å². The first kappa shape index (κ1) is 11.0. The molecule has 3 heteroatoms. The summed E-state index contributed by atoms with van der Waals surface area (Å²) in [6.45, 7) is 6.57. The van der Waals surface area contributed by atoms with Gasteiger partial charge in [0.15, 0.2) is 0 Å². The number of nitrogens with one attached hydrogen (secondary N) is 3. The zero-order valence-corrected chi connectivity index (χ0v) is 9.22. The molecule has 1 aliphatic carbocycles. The minimum atomic E-state index is 0.435. The van der Waals surface area contributed by atoms with Gasteiger partial charge in [0.05, 0.1) is 6.17 Å². The van der Waals surface area contributed by atoms with Gasteiger partial charge in [-0.2, -0.15) is 0 Å². The molecule has 1 rings (SSSR count). The van der Waals surface area contributed by atoms with Crippen LogP contribution in [0, 0.1) is 0 Å². The van der Waals surface area contributed by atoms with Crippen molar-refractivity contribution in [2.75, 3.05) is 7.05 Å². The van der Waals surface area contributed by atoms with Crippen LogP contribution in [-0.2, 0) is 0 Å². The van der Waals surface area contributed by atoms with E-state index in [1.54, 1.807) is 0 Å². The second-order valence-corrected chi connectivity index (χ2v) is 4.36. The summed E-state index contributed by atoms with van der Waals surface area (Å²) >= 11 is 0. The maximum absolute atomic E-state index is 3.54. The first-order valence-corrected chi connectivity index (χ1v) is 5.31. The summed E-state index contributed by atoms with van der Waals surface area (Å²) in [6.07, 6.45) is 2.97. The van der Waals surface area contributed by atoms with E-state index in [1.165, 1.54) is 12.8 Å². The van der Waals surface area contributed by atoms with Crippen LogP contribution >= 0.6 is 0 Å². The lowest BCUT2D eigenvalue weighted by atomic mass is 9.86. The van der Waals surface area contributed by atoms with Gasteiger partial charge >= 0.3 is 0 Å². The van der Waals surface area contributed by atoms with Crippen LogP contribution < -0.4 is 16.0 Å². The third kappa shape index (κ3) is 3.63. The van der Waals surface area contributed by atoms with Crippen LogP contribution in [0.4, 0.5) is 0 Å². The molecule has 3 N–H and O–H groups in total. The fraction of sp³-hybridized carbons (Fsp3) is 1.00. The molecule has 0 amide bonds. The van der Waals surface area contributed by atoms with E-state index in [9.17, 15) is 0 Å². The number of hydrogen-bond acceptors (Lipinski definition) is 3. The van der Waals surface area contributed by atoms with E-state index >= 15 is 0 Å². The van der Waals surface area contributed by atoms with Crippen molar-refractivity contribution < 1.29 is 0 Å². The van der Waals surface area contributed by atoms with Crippen molar-refractivity contribution in [3.05, 3.63) is 0 Å². The lowest BCUT2D eigenvalue weighted by Crippen LogP contribution is -2.56. The molecule has 0 spiro atoms. The van der Waals surface area contributed by atoms with E-state index in [0.717, 1.165) is 6.04 Å². The van der Waals surface area contributed by atoms with Crippen LogP contribution in [0.25, 0.3) is 0 Å². The fourth-order valence-electron chi connectivity index (χ4n) is 1.80. The topological polar surface area (TPSA) is 36.1 Å². The zero-order valence-electron chi connectivity index (χ0n) is 9.22. The quantitative estimate of drug-likeness (QED) is 0.551. The predicted molar refractivity (Wildman–Crippen MR) is 56.7 cm³/mol. The number of rotatable bonds is 5. The lowest BCUT2D eigenvalue weighted by molar-refractivity contribution is 0.217. The van der Waals surface area contributed by atoms with E-state index in [2.05, 4.69) is 36.7 Å². The molecule has 1 unspecified atom stereocenters. The van der Waals surface area contributed by atoms with Gasteiger partial charge in [0, 0.05) is 18.1 Å². The highest BCUT2D eigenvalue weighted by Gasteiger charge is 2.29. The third-order valence-electron chi connectivity index (χ3n) is 2.63. The Morgan fingerprint density at radius 1 is 1.00 bits per heavy atom. The smallest absolute Gasteiger partial charge is 0.0542 e. The number of hydrogen-bond donors (Lipinski definition) is 3. The Kier molecular flexibility index (Phi) is 4.16.